The van der Waals surface area contributed by atoms with Crippen molar-refractivity contribution in [2.24, 2.45) is 17.8 Å². The van der Waals surface area contributed by atoms with Crippen LogP contribution in [0.25, 0.3) is 0 Å². The highest BCUT2D eigenvalue weighted by Gasteiger charge is 2.50. The third-order valence-electron chi connectivity index (χ3n) is 6.12. The van der Waals surface area contributed by atoms with Gasteiger partial charge in [0, 0.05) is 11.3 Å². The zero-order chi connectivity index (χ0) is 24.4. The van der Waals surface area contributed by atoms with Gasteiger partial charge in [-0.2, -0.15) is 0 Å². The summed E-state index contributed by atoms with van der Waals surface area (Å²) in [4.78, 5) is 62.8. The predicted octanol–water partition coefficient (Wildman–Crippen LogP) is 3.39. The van der Waals surface area contributed by atoms with Gasteiger partial charge in [0.15, 0.2) is 12.4 Å². The van der Waals surface area contributed by atoms with E-state index in [-0.39, 0.29) is 40.9 Å². The fourth-order valence-electron chi connectivity index (χ4n) is 4.38. The van der Waals surface area contributed by atoms with E-state index in [1.165, 1.54) is 42.2 Å². The Hall–Kier alpha value is -4.07. The fraction of sp³-hybridized carbons (Fsp3) is 0.269. The number of rotatable bonds is 6. The molecule has 0 radical (unpaired) electrons. The number of esters is 1. The molecule has 2 aromatic carbocycles. The van der Waals surface area contributed by atoms with Gasteiger partial charge in [0.1, 0.15) is 0 Å². The lowest BCUT2D eigenvalue weighted by Crippen LogP contribution is -2.31. The van der Waals surface area contributed by atoms with Crippen LogP contribution in [0.1, 0.15) is 41.0 Å². The monoisotopic (exact) mass is 460 g/mol. The van der Waals surface area contributed by atoms with Crippen molar-refractivity contribution in [1.29, 1.82) is 0 Å². The Labute approximate surface area is 196 Å². The van der Waals surface area contributed by atoms with Crippen LogP contribution in [-0.4, -0.2) is 36.1 Å². The lowest BCUT2D eigenvalue weighted by Gasteiger charge is -2.22. The number of Topliss-reactive ketones (excluding diaryl/α,β-unsaturated/α-hetero) is 1. The maximum Gasteiger partial charge on any atom is 0.338 e. The molecule has 4 rings (SSSR count). The second-order valence-corrected chi connectivity index (χ2v) is 8.48. The maximum atomic E-state index is 12.9. The molecule has 34 heavy (non-hydrogen) atoms. The molecule has 1 saturated heterocycles. The molecule has 8 heteroatoms. The molecule has 174 valence electrons. The van der Waals surface area contributed by atoms with E-state index >= 15 is 0 Å². The Morgan fingerprint density at radius 3 is 2.44 bits per heavy atom. The Morgan fingerprint density at radius 2 is 1.76 bits per heavy atom. The number of ketones is 1. The number of hydrogen-bond acceptors (Lipinski definition) is 6. The molecule has 2 aliphatic rings. The van der Waals surface area contributed by atoms with E-state index in [4.69, 9.17) is 4.74 Å². The second kappa shape index (κ2) is 9.43. The van der Waals surface area contributed by atoms with Gasteiger partial charge in [-0.25, -0.2) is 4.79 Å². The summed E-state index contributed by atoms with van der Waals surface area (Å²) in [5, 5.41) is 2.57. The van der Waals surface area contributed by atoms with Crippen molar-refractivity contribution in [3.05, 3.63) is 71.8 Å². The number of fused-ring (bicyclic) bond motifs is 1. The molecule has 1 fully saturated rings. The molecule has 2 aromatic rings. The topological polar surface area (TPSA) is 110 Å². The van der Waals surface area contributed by atoms with Crippen LogP contribution in [0.15, 0.2) is 60.7 Å². The normalized spacial score (nSPS) is 21.2. The van der Waals surface area contributed by atoms with Crippen LogP contribution in [-0.2, 0) is 19.1 Å². The maximum absolute atomic E-state index is 12.9. The highest BCUT2D eigenvalue weighted by molar-refractivity contribution is 6.22. The van der Waals surface area contributed by atoms with E-state index in [0.717, 1.165) is 0 Å². The molecule has 0 saturated carbocycles. The Morgan fingerprint density at radius 1 is 1.03 bits per heavy atom. The van der Waals surface area contributed by atoms with E-state index in [2.05, 4.69) is 5.32 Å². The first-order chi connectivity index (χ1) is 16.3. The molecule has 0 bridgehead atoms. The van der Waals surface area contributed by atoms with Crippen LogP contribution in [0.5, 0.6) is 0 Å². The summed E-state index contributed by atoms with van der Waals surface area (Å²) in [5.74, 6) is -2.59. The molecule has 1 aliphatic heterocycles. The first kappa shape index (κ1) is 23.1. The molecular weight excluding hydrogens is 436 g/mol. The van der Waals surface area contributed by atoms with Crippen molar-refractivity contribution in [2.45, 2.75) is 20.3 Å². The number of ether oxygens (including phenoxy) is 1. The number of carbonyl (C=O) groups excluding carboxylic acids is 5. The van der Waals surface area contributed by atoms with Gasteiger partial charge in [-0.15, -0.1) is 0 Å². The third kappa shape index (κ3) is 4.52. The number of anilines is 2. The van der Waals surface area contributed by atoms with Gasteiger partial charge in [0.25, 0.3) is 5.91 Å². The number of nitrogens with one attached hydrogen (secondary N) is 1. The number of carbonyl (C=O) groups is 5. The van der Waals surface area contributed by atoms with Gasteiger partial charge in [-0.1, -0.05) is 31.2 Å². The number of imide groups is 1. The van der Waals surface area contributed by atoms with Crippen LogP contribution >= 0.6 is 0 Å². The number of hydrogen-bond donors (Lipinski definition) is 1. The minimum atomic E-state index is -0.718. The lowest BCUT2D eigenvalue weighted by atomic mass is 9.78. The summed E-state index contributed by atoms with van der Waals surface area (Å²) in [6.07, 6.45) is 4.45. The number of benzene rings is 2. The standard InChI is InChI=1S/C26H24N2O6/c1-15-5-3-8-21-23(15)25(32)28(24(21)31)20-11-9-17(10-12-20)26(33)34-14-22(30)27-19-7-4-6-18(13-19)16(2)29/h3-7,9-13,15,21,23H,8,14H2,1-2H3,(H,27,30)/t15-,21+,23-/m0/s1. The van der Waals surface area contributed by atoms with E-state index in [0.29, 0.717) is 23.4 Å². The third-order valence-corrected chi connectivity index (χ3v) is 6.12. The number of nitrogens with zero attached hydrogens (tertiary/aromatic N) is 1. The largest absolute Gasteiger partial charge is 0.452 e. The molecule has 3 atom stereocenters. The molecule has 8 nitrogen and oxygen atoms in total. The molecule has 3 amide bonds. The van der Waals surface area contributed by atoms with Gasteiger partial charge in [-0.05, 0) is 55.7 Å². The number of allylic oxidation sites excluding steroid dienone is 2. The Kier molecular flexibility index (Phi) is 6.40. The molecule has 1 heterocycles. The zero-order valence-corrected chi connectivity index (χ0v) is 18.8. The predicted molar refractivity (Wildman–Crippen MR) is 124 cm³/mol. The second-order valence-electron chi connectivity index (χ2n) is 8.48. The fourth-order valence-corrected chi connectivity index (χ4v) is 4.38. The quantitative estimate of drug-likeness (QED) is 0.306. The van der Waals surface area contributed by atoms with Crippen LogP contribution < -0.4 is 10.2 Å². The Bertz CT molecular complexity index is 1200. The summed E-state index contributed by atoms with van der Waals surface area (Å²) in [7, 11) is 0. The van der Waals surface area contributed by atoms with Crippen LogP contribution in [0.4, 0.5) is 11.4 Å². The highest BCUT2D eigenvalue weighted by atomic mass is 16.5. The average Bonchev–Trinajstić information content (AvgIpc) is 3.08. The first-order valence-electron chi connectivity index (χ1n) is 11.0. The number of amides is 3. The van der Waals surface area contributed by atoms with Crippen molar-refractivity contribution in [3.63, 3.8) is 0 Å². The SMILES string of the molecule is CC(=O)c1cccc(NC(=O)COC(=O)c2ccc(N3C(=O)[C@H]4[C@@H](C)C=CC[C@H]4C3=O)cc2)c1. The summed E-state index contributed by atoms with van der Waals surface area (Å²) >= 11 is 0. The van der Waals surface area contributed by atoms with E-state index in [1.54, 1.807) is 18.2 Å². The summed E-state index contributed by atoms with van der Waals surface area (Å²) in [6.45, 7) is 2.84. The van der Waals surface area contributed by atoms with Crippen molar-refractivity contribution in [3.8, 4) is 0 Å². The summed E-state index contributed by atoms with van der Waals surface area (Å²) < 4.78 is 5.06. The molecule has 0 unspecified atom stereocenters. The van der Waals surface area contributed by atoms with Crippen LogP contribution in [0.2, 0.25) is 0 Å². The lowest BCUT2D eigenvalue weighted by molar-refractivity contribution is -0.123. The summed E-state index contributed by atoms with van der Waals surface area (Å²) in [6, 6.07) is 12.4. The highest BCUT2D eigenvalue weighted by Crippen LogP contribution is 2.40. The van der Waals surface area contributed by atoms with Gasteiger partial charge < -0.3 is 10.1 Å². The van der Waals surface area contributed by atoms with Crippen molar-refractivity contribution in [2.75, 3.05) is 16.8 Å². The molecule has 0 spiro atoms. The van der Waals surface area contributed by atoms with E-state index < -0.39 is 18.5 Å². The average molecular weight is 460 g/mol. The van der Waals surface area contributed by atoms with E-state index in [1.807, 2.05) is 19.1 Å². The van der Waals surface area contributed by atoms with Crippen LogP contribution in [0, 0.1) is 17.8 Å². The van der Waals surface area contributed by atoms with Crippen molar-refractivity contribution < 1.29 is 28.7 Å². The molecular formula is C26H24N2O6. The smallest absolute Gasteiger partial charge is 0.338 e. The minimum absolute atomic E-state index is 0.00877. The van der Waals surface area contributed by atoms with Crippen molar-refractivity contribution >= 4 is 40.8 Å². The van der Waals surface area contributed by atoms with Gasteiger partial charge >= 0.3 is 5.97 Å². The van der Waals surface area contributed by atoms with Crippen LogP contribution in [0.3, 0.4) is 0 Å². The Balaban J connectivity index is 1.36. The summed E-state index contributed by atoms with van der Waals surface area (Å²) in [5.41, 5.74) is 1.45. The zero-order valence-electron chi connectivity index (χ0n) is 18.8. The van der Waals surface area contributed by atoms with Gasteiger partial charge in [0.2, 0.25) is 11.8 Å². The minimum Gasteiger partial charge on any atom is -0.452 e. The van der Waals surface area contributed by atoms with E-state index in [9.17, 15) is 24.0 Å². The first-order valence-corrected chi connectivity index (χ1v) is 11.0. The molecule has 1 aliphatic carbocycles. The van der Waals surface area contributed by atoms with Gasteiger partial charge in [-0.3, -0.25) is 24.1 Å². The molecule has 1 N–H and O–H groups in total. The van der Waals surface area contributed by atoms with Gasteiger partial charge in [0.05, 0.1) is 23.1 Å². The molecule has 0 aromatic heterocycles. The van der Waals surface area contributed by atoms with Crippen molar-refractivity contribution in [1.82, 2.24) is 0 Å².